The third kappa shape index (κ3) is 5.41. The number of ether oxygens (including phenoxy) is 2. The van der Waals surface area contributed by atoms with E-state index in [2.05, 4.69) is 74.5 Å². The zero-order chi connectivity index (χ0) is 27.1. The Morgan fingerprint density at radius 1 is 0.875 bits per heavy atom. The molecule has 4 aliphatic heterocycles. The van der Waals surface area contributed by atoms with Crippen LogP contribution in [0.3, 0.4) is 0 Å². The van der Waals surface area contributed by atoms with E-state index in [0.717, 1.165) is 69.4 Å². The molecule has 40 heavy (non-hydrogen) atoms. The fourth-order valence-corrected chi connectivity index (χ4v) is 8.61. The summed E-state index contributed by atoms with van der Waals surface area (Å²) in [5, 5.41) is 3.87. The van der Waals surface area contributed by atoms with E-state index in [-0.39, 0.29) is 5.56 Å². The van der Waals surface area contributed by atoms with Crippen molar-refractivity contribution in [1.82, 2.24) is 14.8 Å². The summed E-state index contributed by atoms with van der Waals surface area (Å²) in [7, 11) is 2.22. The van der Waals surface area contributed by atoms with E-state index in [0.29, 0.717) is 25.3 Å². The smallest absolute Gasteiger partial charge is 0.250 e. The topological polar surface area (TPSA) is 73.1 Å². The minimum atomic E-state index is -0.0749. The molecule has 8 nitrogen and oxygen atoms in total. The van der Waals surface area contributed by atoms with Crippen molar-refractivity contribution >= 4 is 34.9 Å². The van der Waals surface area contributed by atoms with Crippen LogP contribution in [0.5, 0.6) is 0 Å². The first-order chi connectivity index (χ1) is 19.6. The van der Waals surface area contributed by atoms with Gasteiger partial charge in [-0.3, -0.25) is 9.69 Å². The number of benzene rings is 2. The van der Waals surface area contributed by atoms with Gasteiger partial charge in [0.25, 0.3) is 0 Å². The molecule has 5 heterocycles. The van der Waals surface area contributed by atoms with Crippen molar-refractivity contribution in [2.45, 2.75) is 31.7 Å². The third-order valence-electron chi connectivity index (χ3n) is 8.19. The molecule has 0 bridgehead atoms. The molecule has 0 saturated carbocycles. The van der Waals surface area contributed by atoms with E-state index in [1.807, 2.05) is 11.8 Å². The fourth-order valence-electron chi connectivity index (χ4n) is 6.20. The number of hydrogen-bond acceptors (Lipinski definition) is 9. The predicted molar refractivity (Wildman–Crippen MR) is 161 cm³/mol. The van der Waals surface area contributed by atoms with Crippen molar-refractivity contribution in [3.63, 3.8) is 0 Å². The molecule has 4 aliphatic rings. The molecule has 0 aliphatic carbocycles. The van der Waals surface area contributed by atoms with Gasteiger partial charge in [0, 0.05) is 87.9 Å². The Balaban J connectivity index is 1.13. The van der Waals surface area contributed by atoms with Crippen molar-refractivity contribution in [1.29, 1.82) is 0 Å². The molecule has 3 saturated heterocycles. The van der Waals surface area contributed by atoms with Gasteiger partial charge < -0.3 is 29.6 Å². The van der Waals surface area contributed by atoms with E-state index in [1.165, 1.54) is 25.3 Å². The molecule has 0 radical (unpaired) electrons. The Morgan fingerprint density at radius 2 is 1.68 bits per heavy atom. The first-order valence-electron chi connectivity index (χ1n) is 14.1. The number of fused-ring (bicyclic) bond motifs is 2. The fraction of sp³-hybridized carbons (Fsp3) is 0.433. The standard InChI is InChI=1S/C30H35N5O3S2/c1-33-18-24(25(19-33)35-9-13-38-14-10-35)31-20-5-6-26-28(15-20)39-27-4-2-3-22(30(27)40-26)23-16-21(17-29(36)32-23)34-7-11-37-12-8-34/h2-6,15-17,24-25,31H,7-14,18-19H2,1H3,(H,32,36)/t24-,25-/m1/s1. The first-order valence-corrected chi connectivity index (χ1v) is 15.7. The van der Waals surface area contributed by atoms with Gasteiger partial charge in [-0.2, -0.15) is 0 Å². The van der Waals surface area contributed by atoms with E-state index < -0.39 is 0 Å². The van der Waals surface area contributed by atoms with Crippen LogP contribution in [0.1, 0.15) is 0 Å². The normalized spacial score (nSPS) is 23.6. The lowest BCUT2D eigenvalue weighted by atomic mass is 10.1. The highest BCUT2D eigenvalue weighted by Gasteiger charge is 2.36. The lowest BCUT2D eigenvalue weighted by Gasteiger charge is -2.35. The highest BCUT2D eigenvalue weighted by atomic mass is 32.2. The van der Waals surface area contributed by atoms with Gasteiger partial charge in [0.15, 0.2) is 0 Å². The summed E-state index contributed by atoms with van der Waals surface area (Å²) in [6, 6.07) is 17.8. The predicted octanol–water partition coefficient (Wildman–Crippen LogP) is 3.92. The third-order valence-corrected chi connectivity index (χ3v) is 10.8. The van der Waals surface area contributed by atoms with E-state index in [1.54, 1.807) is 17.8 Å². The molecule has 2 N–H and O–H groups in total. The molecule has 1 aromatic heterocycles. The summed E-state index contributed by atoms with van der Waals surface area (Å²) in [6.07, 6.45) is 0. The quantitative estimate of drug-likeness (QED) is 0.367. The Morgan fingerprint density at radius 3 is 2.50 bits per heavy atom. The maximum absolute atomic E-state index is 12.7. The monoisotopic (exact) mass is 577 g/mol. The number of likely N-dealkylation sites (N-methyl/N-ethyl adjacent to an activating group) is 1. The largest absolute Gasteiger partial charge is 0.379 e. The minimum absolute atomic E-state index is 0.0749. The van der Waals surface area contributed by atoms with Crippen LogP contribution in [-0.4, -0.2) is 99.6 Å². The van der Waals surface area contributed by atoms with Crippen molar-refractivity contribution in [2.75, 3.05) is 83.0 Å². The van der Waals surface area contributed by atoms with Gasteiger partial charge in [0.2, 0.25) is 5.56 Å². The molecule has 0 amide bonds. The number of rotatable bonds is 5. The van der Waals surface area contributed by atoms with Crippen molar-refractivity contribution in [2.24, 2.45) is 0 Å². The summed E-state index contributed by atoms with van der Waals surface area (Å²) < 4.78 is 11.1. The Labute approximate surface area is 243 Å². The minimum Gasteiger partial charge on any atom is -0.379 e. The van der Waals surface area contributed by atoms with Crippen LogP contribution in [0, 0.1) is 0 Å². The van der Waals surface area contributed by atoms with Crippen molar-refractivity contribution in [3.05, 3.63) is 58.9 Å². The molecule has 3 aromatic rings. The summed E-state index contributed by atoms with van der Waals surface area (Å²) in [4.78, 5) is 27.9. The molecular weight excluding hydrogens is 542 g/mol. The molecule has 10 heteroatoms. The SMILES string of the molecule is CN1C[C@@H](N2CCOCC2)[C@H](Nc2ccc3c(c2)Sc2cccc(-c4cc(N5CCOCC5)cc(=O)[nH]4)c2S3)C1. The number of H-pyrrole nitrogens is 1. The maximum atomic E-state index is 12.7. The van der Waals surface area contributed by atoms with Gasteiger partial charge in [-0.15, -0.1) is 0 Å². The second kappa shape index (κ2) is 11.4. The highest BCUT2D eigenvalue weighted by Crippen LogP contribution is 2.52. The average molecular weight is 578 g/mol. The van der Waals surface area contributed by atoms with Crippen LogP contribution in [0.4, 0.5) is 11.4 Å². The van der Waals surface area contributed by atoms with Gasteiger partial charge >= 0.3 is 0 Å². The van der Waals surface area contributed by atoms with Gasteiger partial charge in [-0.25, -0.2) is 0 Å². The summed E-state index contributed by atoms with van der Waals surface area (Å²) >= 11 is 3.60. The van der Waals surface area contributed by atoms with Crippen LogP contribution in [0.15, 0.2) is 72.9 Å². The molecular formula is C30H35N5O3S2. The zero-order valence-corrected chi connectivity index (χ0v) is 24.4. The molecule has 3 fully saturated rings. The van der Waals surface area contributed by atoms with Crippen LogP contribution < -0.4 is 15.8 Å². The highest BCUT2D eigenvalue weighted by molar-refractivity contribution is 8.05. The molecule has 2 atom stereocenters. The van der Waals surface area contributed by atoms with Crippen LogP contribution in [-0.2, 0) is 9.47 Å². The summed E-state index contributed by atoms with van der Waals surface area (Å²) in [6.45, 7) is 8.76. The molecule has 210 valence electrons. The Kier molecular flexibility index (Phi) is 7.55. The number of aromatic nitrogens is 1. The summed E-state index contributed by atoms with van der Waals surface area (Å²) in [5.74, 6) is 0. The lowest BCUT2D eigenvalue weighted by molar-refractivity contribution is 0.0174. The first kappa shape index (κ1) is 26.4. The van der Waals surface area contributed by atoms with Crippen molar-refractivity contribution < 1.29 is 9.47 Å². The molecule has 0 spiro atoms. The lowest BCUT2D eigenvalue weighted by Crippen LogP contribution is -2.50. The van der Waals surface area contributed by atoms with E-state index >= 15 is 0 Å². The zero-order valence-electron chi connectivity index (χ0n) is 22.7. The number of nitrogens with one attached hydrogen (secondary N) is 2. The summed E-state index contributed by atoms with van der Waals surface area (Å²) in [5.41, 5.74) is 3.98. The van der Waals surface area contributed by atoms with Crippen LogP contribution in [0.2, 0.25) is 0 Å². The van der Waals surface area contributed by atoms with Gasteiger partial charge in [-0.05, 0) is 37.4 Å². The number of aromatic amines is 1. The number of hydrogen-bond donors (Lipinski definition) is 2. The van der Waals surface area contributed by atoms with Crippen LogP contribution >= 0.6 is 23.5 Å². The number of likely N-dealkylation sites (tertiary alicyclic amines) is 1. The number of morpholine rings is 2. The second-order valence-electron chi connectivity index (χ2n) is 10.9. The van der Waals surface area contributed by atoms with E-state index in [9.17, 15) is 4.79 Å². The van der Waals surface area contributed by atoms with Crippen molar-refractivity contribution in [3.8, 4) is 11.3 Å². The molecule has 2 aromatic carbocycles. The Bertz CT molecular complexity index is 1440. The van der Waals surface area contributed by atoms with Gasteiger partial charge in [0.1, 0.15) is 0 Å². The molecule has 7 rings (SSSR count). The number of anilines is 2. The van der Waals surface area contributed by atoms with E-state index in [4.69, 9.17) is 9.47 Å². The van der Waals surface area contributed by atoms with Crippen LogP contribution in [0.25, 0.3) is 11.3 Å². The number of pyridine rings is 1. The second-order valence-corrected chi connectivity index (χ2v) is 13.0. The number of nitrogens with zero attached hydrogens (tertiary/aromatic N) is 3. The average Bonchev–Trinajstić information content (AvgIpc) is 3.36. The van der Waals surface area contributed by atoms with Gasteiger partial charge in [-0.1, -0.05) is 35.7 Å². The Hall–Kier alpha value is -2.47. The maximum Gasteiger partial charge on any atom is 0.250 e. The molecule has 0 unspecified atom stereocenters. The van der Waals surface area contributed by atoms with Gasteiger partial charge in [0.05, 0.1) is 38.2 Å².